The van der Waals surface area contributed by atoms with Crippen LogP contribution in [0.1, 0.15) is 11.7 Å². The highest BCUT2D eigenvalue weighted by atomic mass is 16.5. The van der Waals surface area contributed by atoms with Crippen LogP contribution in [0.2, 0.25) is 0 Å². The summed E-state index contributed by atoms with van der Waals surface area (Å²) >= 11 is 0. The first-order chi connectivity index (χ1) is 15.2. The maximum atomic E-state index is 10.8. The molecule has 1 aromatic heterocycles. The molecule has 1 heterocycles. The molecule has 0 fully saturated rings. The van der Waals surface area contributed by atoms with Gasteiger partial charge in [-0.15, -0.1) is 0 Å². The predicted molar refractivity (Wildman–Crippen MR) is 119 cm³/mol. The molecule has 166 valence electrons. The molecule has 1 N–H and O–H groups in total. The summed E-state index contributed by atoms with van der Waals surface area (Å²) in [4.78, 5) is 4.61. The van der Waals surface area contributed by atoms with Crippen LogP contribution in [0.4, 0.5) is 0 Å². The fraction of sp³-hybridized carbons (Fsp3) is 0.375. The second-order valence-electron chi connectivity index (χ2n) is 6.93. The van der Waals surface area contributed by atoms with Crippen molar-refractivity contribution in [1.82, 2.24) is 9.55 Å². The normalized spacial score (nSPS) is 13.2. The Labute approximate surface area is 182 Å². The molecule has 0 spiro atoms. The maximum Gasteiger partial charge on any atom is 0.298 e. The van der Waals surface area contributed by atoms with Crippen LogP contribution in [-0.4, -0.2) is 60.9 Å². The molecule has 31 heavy (non-hydrogen) atoms. The van der Waals surface area contributed by atoms with E-state index in [1.807, 2.05) is 59.2 Å². The lowest BCUT2D eigenvalue weighted by atomic mass is 10.0. The summed E-state index contributed by atoms with van der Waals surface area (Å²) in [5.74, 6) is 0. The van der Waals surface area contributed by atoms with Gasteiger partial charge >= 0.3 is 0 Å². The van der Waals surface area contributed by atoms with E-state index in [-0.39, 0.29) is 0 Å². The molecule has 0 amide bonds. The van der Waals surface area contributed by atoms with Crippen molar-refractivity contribution >= 4 is 11.0 Å². The topological polar surface area (TPSA) is 75.0 Å². The average molecular weight is 427 g/mol. The van der Waals surface area contributed by atoms with Crippen LogP contribution in [0.25, 0.3) is 11.0 Å². The van der Waals surface area contributed by atoms with Gasteiger partial charge in [-0.2, -0.15) is 4.98 Å². The number of para-hydroxylation sites is 2. The number of fused-ring (bicyclic) bond motifs is 1. The Morgan fingerprint density at radius 1 is 0.968 bits per heavy atom. The molecule has 0 aliphatic rings. The van der Waals surface area contributed by atoms with Crippen LogP contribution in [0.5, 0.6) is 6.01 Å². The Bertz CT molecular complexity index is 928. The zero-order chi connectivity index (χ0) is 21.9. The van der Waals surface area contributed by atoms with E-state index in [2.05, 4.69) is 11.6 Å². The molecule has 3 rings (SSSR count). The Balaban J connectivity index is 1.66. The molecular weight excluding hydrogens is 396 g/mol. The van der Waals surface area contributed by atoms with Gasteiger partial charge in [-0.1, -0.05) is 49.0 Å². The lowest BCUT2D eigenvalue weighted by molar-refractivity contribution is 0.0218. The van der Waals surface area contributed by atoms with E-state index in [0.717, 1.165) is 16.6 Å². The molecule has 0 aliphatic heterocycles. The molecule has 0 aliphatic carbocycles. The first kappa shape index (κ1) is 23.0. The van der Waals surface area contributed by atoms with Gasteiger partial charge in [-0.3, -0.25) is 4.57 Å². The number of methoxy groups -OCH3 is 1. The first-order valence-corrected chi connectivity index (χ1v) is 10.4. The summed E-state index contributed by atoms with van der Waals surface area (Å²) in [6, 6.07) is 17.6. The quantitative estimate of drug-likeness (QED) is 0.315. The van der Waals surface area contributed by atoms with E-state index in [9.17, 15) is 5.11 Å². The molecule has 2 aromatic carbocycles. The van der Waals surface area contributed by atoms with Gasteiger partial charge in [0, 0.05) is 7.11 Å². The molecule has 7 nitrogen and oxygen atoms in total. The van der Waals surface area contributed by atoms with Crippen LogP contribution >= 0.6 is 0 Å². The Kier molecular flexibility index (Phi) is 9.05. The Morgan fingerprint density at radius 3 is 2.39 bits per heavy atom. The fourth-order valence-electron chi connectivity index (χ4n) is 3.18. The van der Waals surface area contributed by atoms with Crippen molar-refractivity contribution in [2.75, 3.05) is 40.1 Å². The van der Waals surface area contributed by atoms with Crippen LogP contribution < -0.4 is 4.74 Å². The SMILES string of the molecule is C=C[C@H](Oc1nc2ccccc2n1CCOCCOCCOC)[C@H](O)c1ccccc1. The third kappa shape index (κ3) is 6.38. The second-order valence-corrected chi connectivity index (χ2v) is 6.93. The highest BCUT2D eigenvalue weighted by molar-refractivity contribution is 5.76. The molecule has 0 saturated heterocycles. The molecular formula is C24H30N2O5. The van der Waals surface area contributed by atoms with Crippen LogP contribution in [-0.2, 0) is 20.8 Å². The number of aromatic nitrogens is 2. The summed E-state index contributed by atoms with van der Waals surface area (Å²) in [7, 11) is 1.64. The molecule has 0 saturated carbocycles. The van der Waals surface area contributed by atoms with Crippen molar-refractivity contribution in [1.29, 1.82) is 0 Å². The van der Waals surface area contributed by atoms with Crippen molar-refractivity contribution in [2.45, 2.75) is 18.8 Å². The monoisotopic (exact) mass is 426 g/mol. The van der Waals surface area contributed by atoms with Gasteiger partial charge in [0.25, 0.3) is 6.01 Å². The zero-order valence-electron chi connectivity index (χ0n) is 17.9. The lowest BCUT2D eigenvalue weighted by Crippen LogP contribution is -2.25. The van der Waals surface area contributed by atoms with E-state index in [1.54, 1.807) is 13.2 Å². The minimum atomic E-state index is -0.854. The summed E-state index contributed by atoms with van der Waals surface area (Å²) in [6.07, 6.45) is 0.0930. The minimum absolute atomic E-state index is 0.418. The van der Waals surface area contributed by atoms with Gasteiger partial charge < -0.3 is 24.1 Å². The van der Waals surface area contributed by atoms with Crippen molar-refractivity contribution in [3.05, 3.63) is 72.8 Å². The summed E-state index contributed by atoms with van der Waals surface area (Å²) in [6.45, 7) is 7.00. The number of rotatable bonds is 14. The molecule has 0 bridgehead atoms. The number of imidazole rings is 1. The smallest absolute Gasteiger partial charge is 0.298 e. The van der Waals surface area contributed by atoms with E-state index >= 15 is 0 Å². The van der Waals surface area contributed by atoms with Crippen molar-refractivity contribution in [3.8, 4) is 6.01 Å². The van der Waals surface area contributed by atoms with Crippen molar-refractivity contribution in [2.24, 2.45) is 0 Å². The van der Waals surface area contributed by atoms with Crippen LogP contribution in [0.3, 0.4) is 0 Å². The maximum absolute atomic E-state index is 10.8. The van der Waals surface area contributed by atoms with Gasteiger partial charge in [0.1, 0.15) is 12.2 Å². The number of hydrogen-bond donors (Lipinski definition) is 1. The fourth-order valence-corrected chi connectivity index (χ4v) is 3.18. The largest absolute Gasteiger partial charge is 0.454 e. The first-order valence-electron chi connectivity index (χ1n) is 10.4. The summed E-state index contributed by atoms with van der Waals surface area (Å²) in [5, 5.41) is 10.8. The zero-order valence-corrected chi connectivity index (χ0v) is 17.9. The van der Waals surface area contributed by atoms with E-state index in [1.165, 1.54) is 0 Å². The van der Waals surface area contributed by atoms with E-state index in [0.29, 0.717) is 45.6 Å². The van der Waals surface area contributed by atoms with E-state index < -0.39 is 12.2 Å². The summed E-state index contributed by atoms with van der Waals surface area (Å²) < 4.78 is 24.1. The van der Waals surface area contributed by atoms with Gasteiger partial charge in [0.05, 0.1) is 50.6 Å². The molecule has 7 heteroatoms. The average Bonchev–Trinajstić information content (AvgIpc) is 3.16. The number of hydrogen-bond acceptors (Lipinski definition) is 6. The number of aliphatic hydroxyl groups excluding tert-OH is 1. The Hall–Kier alpha value is -2.71. The molecule has 0 radical (unpaired) electrons. The number of benzene rings is 2. The van der Waals surface area contributed by atoms with Crippen molar-refractivity contribution in [3.63, 3.8) is 0 Å². The highest BCUT2D eigenvalue weighted by Gasteiger charge is 2.23. The van der Waals surface area contributed by atoms with Crippen LogP contribution in [0.15, 0.2) is 67.3 Å². The predicted octanol–water partition coefficient (Wildman–Crippen LogP) is 3.38. The third-order valence-electron chi connectivity index (χ3n) is 4.81. The molecule has 0 unspecified atom stereocenters. The minimum Gasteiger partial charge on any atom is -0.454 e. The van der Waals surface area contributed by atoms with Gasteiger partial charge in [0.2, 0.25) is 0 Å². The second kappa shape index (κ2) is 12.2. The highest BCUT2D eigenvalue weighted by Crippen LogP contribution is 2.26. The molecule has 2 atom stereocenters. The Morgan fingerprint density at radius 2 is 1.65 bits per heavy atom. The third-order valence-corrected chi connectivity index (χ3v) is 4.81. The van der Waals surface area contributed by atoms with Crippen molar-refractivity contribution < 1.29 is 24.1 Å². The van der Waals surface area contributed by atoms with Gasteiger partial charge in [0.15, 0.2) is 0 Å². The van der Waals surface area contributed by atoms with Gasteiger partial charge in [-0.25, -0.2) is 0 Å². The van der Waals surface area contributed by atoms with Crippen LogP contribution in [0, 0.1) is 0 Å². The number of ether oxygens (including phenoxy) is 4. The standard InChI is InChI=1S/C24H30N2O5/c1-3-22(23(27)19-9-5-4-6-10-19)31-24-25-20-11-7-8-12-21(20)26(24)13-14-29-17-18-30-16-15-28-2/h3-12,22-23,27H,1,13-18H2,2H3/t22-,23+/m0/s1. The number of nitrogens with zero attached hydrogens (tertiary/aromatic N) is 2. The molecule has 3 aromatic rings. The lowest BCUT2D eigenvalue weighted by Gasteiger charge is -2.21. The summed E-state index contributed by atoms with van der Waals surface area (Å²) in [5.41, 5.74) is 2.51. The number of aliphatic hydroxyl groups is 1. The van der Waals surface area contributed by atoms with E-state index in [4.69, 9.17) is 18.9 Å². The van der Waals surface area contributed by atoms with Gasteiger partial charge in [-0.05, 0) is 23.8 Å².